The molecule has 0 aromatic heterocycles. The Morgan fingerprint density at radius 1 is 1.30 bits per heavy atom. The Morgan fingerprint density at radius 2 is 2.09 bits per heavy atom. The van der Waals surface area contributed by atoms with Crippen LogP contribution in [0.4, 0.5) is 0 Å². The average molecular weight is 336 g/mol. The molecule has 2 aliphatic carbocycles. The lowest BCUT2D eigenvalue weighted by Gasteiger charge is -2.28. The van der Waals surface area contributed by atoms with Gasteiger partial charge in [-0.05, 0) is 42.7 Å². The standard InChI is InChI=1S/C19H26ClNO2/c1-13-6-2-5-9-18(13)23-11-10-21-19(22)16-12-15(16)14-7-3-4-8-17(14)20/h3-4,7-8,13,15-16,18H,2,5-6,9-12H2,1H3,(H,21,22). The summed E-state index contributed by atoms with van der Waals surface area (Å²) in [6.45, 7) is 3.48. The third-order valence-corrected chi connectivity index (χ3v) is 5.54. The number of rotatable bonds is 6. The minimum atomic E-state index is 0.0727. The van der Waals surface area contributed by atoms with Crippen LogP contribution in [0.3, 0.4) is 0 Å². The Kier molecular flexibility index (Phi) is 5.60. The predicted octanol–water partition coefficient (Wildman–Crippen LogP) is 4.16. The maximum absolute atomic E-state index is 12.2. The van der Waals surface area contributed by atoms with Gasteiger partial charge in [-0.3, -0.25) is 4.79 Å². The van der Waals surface area contributed by atoms with Crippen LogP contribution in [0.15, 0.2) is 24.3 Å². The molecule has 0 bridgehead atoms. The first-order chi connectivity index (χ1) is 11.2. The van der Waals surface area contributed by atoms with E-state index in [0.29, 0.717) is 25.2 Å². The quantitative estimate of drug-likeness (QED) is 0.793. The summed E-state index contributed by atoms with van der Waals surface area (Å²) in [5, 5.41) is 3.78. The zero-order valence-corrected chi connectivity index (χ0v) is 14.5. The number of hydrogen-bond acceptors (Lipinski definition) is 2. The first kappa shape index (κ1) is 16.8. The van der Waals surface area contributed by atoms with Crippen LogP contribution in [0.1, 0.15) is 50.5 Å². The fourth-order valence-corrected chi connectivity index (χ4v) is 3.93. The highest BCUT2D eigenvalue weighted by atomic mass is 35.5. The van der Waals surface area contributed by atoms with E-state index in [4.69, 9.17) is 16.3 Å². The first-order valence-corrected chi connectivity index (χ1v) is 9.18. The van der Waals surface area contributed by atoms with Crippen molar-refractivity contribution in [1.29, 1.82) is 0 Å². The maximum Gasteiger partial charge on any atom is 0.223 e. The molecule has 4 atom stereocenters. The molecule has 3 nitrogen and oxygen atoms in total. The molecular weight excluding hydrogens is 310 g/mol. The van der Waals surface area contributed by atoms with Crippen molar-refractivity contribution in [2.75, 3.05) is 13.2 Å². The van der Waals surface area contributed by atoms with Gasteiger partial charge in [0, 0.05) is 17.5 Å². The van der Waals surface area contributed by atoms with Crippen molar-refractivity contribution in [3.05, 3.63) is 34.9 Å². The molecule has 126 valence electrons. The predicted molar refractivity (Wildman–Crippen MR) is 92.7 cm³/mol. The van der Waals surface area contributed by atoms with Gasteiger partial charge in [0.2, 0.25) is 5.91 Å². The Balaban J connectivity index is 1.37. The summed E-state index contributed by atoms with van der Waals surface area (Å²) in [5.74, 6) is 1.13. The second-order valence-electron chi connectivity index (χ2n) is 6.93. The summed E-state index contributed by atoms with van der Waals surface area (Å²) in [6.07, 6.45) is 6.28. The fraction of sp³-hybridized carbons (Fsp3) is 0.632. The minimum Gasteiger partial charge on any atom is -0.376 e. The lowest BCUT2D eigenvalue weighted by Crippen LogP contribution is -2.32. The second-order valence-corrected chi connectivity index (χ2v) is 7.34. The molecule has 1 aromatic carbocycles. The summed E-state index contributed by atoms with van der Waals surface area (Å²) in [5.41, 5.74) is 1.10. The summed E-state index contributed by atoms with van der Waals surface area (Å²) in [6, 6.07) is 7.82. The fourth-order valence-electron chi connectivity index (χ4n) is 3.65. The molecule has 4 unspecified atom stereocenters. The number of hydrogen-bond donors (Lipinski definition) is 1. The van der Waals surface area contributed by atoms with Gasteiger partial charge in [0.25, 0.3) is 0 Å². The molecule has 2 aliphatic rings. The zero-order chi connectivity index (χ0) is 16.2. The van der Waals surface area contributed by atoms with Gasteiger partial charge in [0.15, 0.2) is 0 Å². The Bertz CT molecular complexity index is 548. The molecule has 1 aromatic rings. The van der Waals surface area contributed by atoms with E-state index in [0.717, 1.165) is 23.4 Å². The van der Waals surface area contributed by atoms with E-state index in [2.05, 4.69) is 12.2 Å². The molecule has 23 heavy (non-hydrogen) atoms. The van der Waals surface area contributed by atoms with Gasteiger partial charge in [-0.1, -0.05) is 49.6 Å². The van der Waals surface area contributed by atoms with Crippen molar-refractivity contribution < 1.29 is 9.53 Å². The lowest BCUT2D eigenvalue weighted by atomic mass is 9.88. The number of amides is 1. The van der Waals surface area contributed by atoms with Gasteiger partial charge < -0.3 is 10.1 Å². The third kappa shape index (κ3) is 4.27. The summed E-state index contributed by atoms with van der Waals surface area (Å²) >= 11 is 6.20. The van der Waals surface area contributed by atoms with E-state index >= 15 is 0 Å². The van der Waals surface area contributed by atoms with Crippen LogP contribution in [0, 0.1) is 11.8 Å². The van der Waals surface area contributed by atoms with Gasteiger partial charge in [-0.25, -0.2) is 0 Å². The summed E-state index contributed by atoms with van der Waals surface area (Å²) < 4.78 is 5.94. The molecule has 2 fully saturated rings. The highest BCUT2D eigenvalue weighted by molar-refractivity contribution is 6.31. The van der Waals surface area contributed by atoms with Crippen LogP contribution < -0.4 is 5.32 Å². The van der Waals surface area contributed by atoms with E-state index in [1.54, 1.807) is 0 Å². The van der Waals surface area contributed by atoms with E-state index in [1.165, 1.54) is 19.3 Å². The molecular formula is C19H26ClNO2. The van der Waals surface area contributed by atoms with E-state index in [1.807, 2.05) is 24.3 Å². The minimum absolute atomic E-state index is 0.0727. The zero-order valence-electron chi connectivity index (χ0n) is 13.8. The Labute approximate surface area is 143 Å². The number of ether oxygens (including phenoxy) is 1. The molecule has 0 saturated heterocycles. The SMILES string of the molecule is CC1CCCCC1OCCNC(=O)C1CC1c1ccccc1Cl. The van der Waals surface area contributed by atoms with Gasteiger partial charge in [-0.2, -0.15) is 0 Å². The highest BCUT2D eigenvalue weighted by Crippen LogP contribution is 2.49. The Morgan fingerprint density at radius 3 is 2.87 bits per heavy atom. The van der Waals surface area contributed by atoms with Crippen molar-refractivity contribution >= 4 is 17.5 Å². The topological polar surface area (TPSA) is 38.3 Å². The smallest absolute Gasteiger partial charge is 0.223 e. The van der Waals surface area contributed by atoms with Crippen molar-refractivity contribution in [1.82, 2.24) is 5.32 Å². The molecule has 0 spiro atoms. The second kappa shape index (κ2) is 7.67. The molecule has 0 radical (unpaired) electrons. The molecule has 2 saturated carbocycles. The lowest BCUT2D eigenvalue weighted by molar-refractivity contribution is -0.122. The average Bonchev–Trinajstić information content (AvgIpc) is 3.34. The molecule has 0 aliphatic heterocycles. The summed E-state index contributed by atoms with van der Waals surface area (Å²) in [7, 11) is 0. The summed E-state index contributed by atoms with van der Waals surface area (Å²) in [4.78, 5) is 12.2. The van der Waals surface area contributed by atoms with Crippen LogP contribution in [-0.4, -0.2) is 25.2 Å². The van der Waals surface area contributed by atoms with Gasteiger partial charge in [-0.15, -0.1) is 0 Å². The number of nitrogens with one attached hydrogen (secondary N) is 1. The largest absolute Gasteiger partial charge is 0.376 e. The van der Waals surface area contributed by atoms with Crippen molar-refractivity contribution in [3.63, 3.8) is 0 Å². The van der Waals surface area contributed by atoms with Gasteiger partial charge in [0.05, 0.1) is 12.7 Å². The first-order valence-electron chi connectivity index (χ1n) is 8.80. The monoisotopic (exact) mass is 335 g/mol. The molecule has 4 heteroatoms. The third-order valence-electron chi connectivity index (χ3n) is 5.20. The number of carbonyl (C=O) groups is 1. The number of benzene rings is 1. The normalized spacial score (nSPS) is 30.0. The van der Waals surface area contributed by atoms with Crippen LogP contribution in [-0.2, 0) is 9.53 Å². The Hall–Kier alpha value is -1.06. The van der Waals surface area contributed by atoms with Crippen molar-refractivity contribution in [2.45, 2.75) is 51.0 Å². The van der Waals surface area contributed by atoms with Crippen LogP contribution >= 0.6 is 11.6 Å². The van der Waals surface area contributed by atoms with E-state index in [9.17, 15) is 4.79 Å². The van der Waals surface area contributed by atoms with E-state index < -0.39 is 0 Å². The molecule has 3 rings (SSSR count). The van der Waals surface area contributed by atoms with Crippen molar-refractivity contribution in [2.24, 2.45) is 11.8 Å². The van der Waals surface area contributed by atoms with Gasteiger partial charge >= 0.3 is 0 Å². The number of carbonyl (C=O) groups excluding carboxylic acids is 1. The van der Waals surface area contributed by atoms with Gasteiger partial charge in [0.1, 0.15) is 0 Å². The molecule has 1 N–H and O–H groups in total. The van der Waals surface area contributed by atoms with Crippen LogP contribution in [0.5, 0.6) is 0 Å². The van der Waals surface area contributed by atoms with Crippen molar-refractivity contribution in [3.8, 4) is 0 Å². The van der Waals surface area contributed by atoms with E-state index in [-0.39, 0.29) is 17.7 Å². The van der Waals surface area contributed by atoms with Crippen LogP contribution in [0.2, 0.25) is 5.02 Å². The van der Waals surface area contributed by atoms with Crippen LogP contribution in [0.25, 0.3) is 0 Å². The maximum atomic E-state index is 12.2. The molecule has 0 heterocycles. The molecule has 1 amide bonds. The number of halogens is 1. The highest BCUT2D eigenvalue weighted by Gasteiger charge is 2.44.